The second-order valence-corrected chi connectivity index (χ2v) is 11.4. The zero-order chi connectivity index (χ0) is 21.6. The Hall–Kier alpha value is -0.615. The van der Waals surface area contributed by atoms with Crippen molar-refractivity contribution in [2.75, 3.05) is 0 Å². The van der Waals surface area contributed by atoms with Crippen LogP contribution in [-0.2, 0) is 9.45 Å². The van der Waals surface area contributed by atoms with Crippen molar-refractivity contribution in [3.8, 4) is 0 Å². The SMILES string of the molecule is CC(=O)N/C=C(/NC(C)(C)C)C1CCCC1CCC[B]OC(C)(C)C(C)(C)S. The molecule has 1 aliphatic rings. The number of amides is 1. The standard InChI is InChI=1S/C22H42BN2O2S/c1-16(26)24-15-19(25-20(2,3)4)18-13-9-11-17(18)12-10-14-23-27-21(5,6)22(7,8)28/h15,17-18,25,28H,9-14H2,1-8H3,(H,24,26)/b19-15+. The highest BCUT2D eigenvalue weighted by atomic mass is 32.1. The molecule has 0 aromatic heterocycles. The number of rotatable bonds is 10. The number of hydrogen-bond donors (Lipinski definition) is 3. The third kappa shape index (κ3) is 8.81. The summed E-state index contributed by atoms with van der Waals surface area (Å²) in [7, 11) is 1.96. The Morgan fingerprint density at radius 2 is 1.82 bits per heavy atom. The van der Waals surface area contributed by atoms with Gasteiger partial charge in [-0.3, -0.25) is 4.79 Å². The first-order valence-corrected chi connectivity index (χ1v) is 11.1. The van der Waals surface area contributed by atoms with E-state index < -0.39 is 0 Å². The minimum atomic E-state index is -0.295. The molecule has 28 heavy (non-hydrogen) atoms. The van der Waals surface area contributed by atoms with Crippen molar-refractivity contribution in [2.24, 2.45) is 11.8 Å². The number of carbonyl (C=O) groups is 1. The van der Waals surface area contributed by atoms with E-state index in [0.29, 0.717) is 11.8 Å². The molecule has 2 atom stereocenters. The Morgan fingerprint density at radius 3 is 2.36 bits per heavy atom. The van der Waals surface area contributed by atoms with E-state index >= 15 is 0 Å². The highest BCUT2D eigenvalue weighted by Gasteiger charge is 2.34. The van der Waals surface area contributed by atoms with Gasteiger partial charge in [0.1, 0.15) is 0 Å². The Kier molecular flexibility index (Phi) is 9.46. The molecule has 1 saturated carbocycles. The maximum atomic E-state index is 11.4. The van der Waals surface area contributed by atoms with Gasteiger partial charge in [0.25, 0.3) is 7.48 Å². The summed E-state index contributed by atoms with van der Waals surface area (Å²) in [4.78, 5) is 11.4. The van der Waals surface area contributed by atoms with Gasteiger partial charge in [0.15, 0.2) is 0 Å². The number of carbonyl (C=O) groups excluding carboxylic acids is 1. The van der Waals surface area contributed by atoms with Crippen molar-refractivity contribution in [1.82, 2.24) is 10.6 Å². The quantitative estimate of drug-likeness (QED) is 0.268. The van der Waals surface area contributed by atoms with Crippen molar-refractivity contribution >= 4 is 26.0 Å². The van der Waals surface area contributed by atoms with Crippen LogP contribution in [0.4, 0.5) is 0 Å². The van der Waals surface area contributed by atoms with Crippen molar-refractivity contribution < 1.29 is 9.45 Å². The van der Waals surface area contributed by atoms with E-state index in [2.05, 4.69) is 71.7 Å². The van der Waals surface area contributed by atoms with Gasteiger partial charge in [-0.25, -0.2) is 0 Å². The zero-order valence-corrected chi connectivity index (χ0v) is 20.2. The van der Waals surface area contributed by atoms with Gasteiger partial charge in [-0.1, -0.05) is 25.6 Å². The molecule has 0 aliphatic heterocycles. The van der Waals surface area contributed by atoms with Crippen LogP contribution in [0.5, 0.6) is 0 Å². The minimum Gasteiger partial charge on any atom is -0.434 e. The van der Waals surface area contributed by atoms with E-state index in [9.17, 15) is 4.79 Å². The highest BCUT2D eigenvalue weighted by Crippen LogP contribution is 2.39. The molecule has 2 unspecified atom stereocenters. The molecule has 0 saturated heterocycles. The van der Waals surface area contributed by atoms with Gasteiger partial charge in [-0.15, -0.1) is 0 Å². The molecule has 1 rings (SSSR count). The average molecular weight is 409 g/mol. The summed E-state index contributed by atoms with van der Waals surface area (Å²) in [6.45, 7) is 16.4. The molecular formula is C22H42BN2O2S. The molecule has 0 heterocycles. The fourth-order valence-electron chi connectivity index (χ4n) is 3.51. The first-order chi connectivity index (χ1) is 12.7. The summed E-state index contributed by atoms with van der Waals surface area (Å²) in [5.74, 6) is 1.11. The topological polar surface area (TPSA) is 50.4 Å². The molecule has 1 aliphatic carbocycles. The lowest BCUT2D eigenvalue weighted by Gasteiger charge is -2.38. The molecule has 0 aromatic rings. The molecule has 4 nitrogen and oxygen atoms in total. The fraction of sp³-hybridized carbons (Fsp3) is 0.864. The van der Waals surface area contributed by atoms with Crippen molar-refractivity contribution in [1.29, 1.82) is 0 Å². The lowest BCUT2D eigenvalue weighted by molar-refractivity contribution is -0.118. The number of thiol groups is 1. The molecule has 6 heteroatoms. The van der Waals surface area contributed by atoms with Gasteiger partial charge in [0.2, 0.25) is 5.91 Å². The molecule has 0 bridgehead atoms. The molecule has 1 fully saturated rings. The van der Waals surface area contributed by atoms with Crippen LogP contribution in [0.1, 0.15) is 87.5 Å². The van der Waals surface area contributed by atoms with Crippen molar-refractivity contribution in [2.45, 2.75) is 110 Å². The predicted octanol–water partition coefficient (Wildman–Crippen LogP) is 5.09. The smallest absolute Gasteiger partial charge is 0.293 e. The van der Waals surface area contributed by atoms with Gasteiger partial charge in [-0.2, -0.15) is 12.6 Å². The summed E-state index contributed by atoms with van der Waals surface area (Å²) in [5, 5.41) is 6.50. The maximum absolute atomic E-state index is 11.4. The van der Waals surface area contributed by atoms with Crippen LogP contribution < -0.4 is 10.6 Å². The van der Waals surface area contributed by atoms with Crippen LogP contribution in [0, 0.1) is 11.8 Å². The first-order valence-electron chi connectivity index (χ1n) is 10.7. The molecule has 0 aromatic carbocycles. The van der Waals surface area contributed by atoms with Crippen LogP contribution in [0.3, 0.4) is 0 Å². The zero-order valence-electron chi connectivity index (χ0n) is 19.3. The molecule has 0 spiro atoms. The number of nitrogens with one attached hydrogen (secondary N) is 2. The van der Waals surface area contributed by atoms with Crippen LogP contribution in [0.2, 0.25) is 6.32 Å². The molecule has 1 amide bonds. The fourth-order valence-corrected chi connectivity index (χ4v) is 3.57. The van der Waals surface area contributed by atoms with E-state index in [1.807, 2.05) is 13.7 Å². The van der Waals surface area contributed by atoms with Crippen LogP contribution in [0.15, 0.2) is 11.9 Å². The lowest BCUT2D eigenvalue weighted by atomic mass is 9.82. The largest absolute Gasteiger partial charge is 0.434 e. The van der Waals surface area contributed by atoms with Gasteiger partial charge >= 0.3 is 0 Å². The molecule has 2 N–H and O–H groups in total. The van der Waals surface area contributed by atoms with E-state index in [1.54, 1.807) is 6.92 Å². The van der Waals surface area contributed by atoms with E-state index in [-0.39, 0.29) is 21.8 Å². The van der Waals surface area contributed by atoms with E-state index in [1.165, 1.54) is 31.4 Å². The Labute approximate surface area is 179 Å². The van der Waals surface area contributed by atoms with Crippen LogP contribution in [-0.4, -0.2) is 29.3 Å². The summed E-state index contributed by atoms with van der Waals surface area (Å²) >= 11 is 4.65. The Balaban J connectivity index is 2.58. The number of allylic oxidation sites excluding steroid dienone is 1. The predicted molar refractivity (Wildman–Crippen MR) is 124 cm³/mol. The van der Waals surface area contributed by atoms with Crippen molar-refractivity contribution in [3.05, 3.63) is 11.9 Å². The summed E-state index contributed by atoms with van der Waals surface area (Å²) in [6.07, 6.45) is 8.83. The molecule has 1 radical (unpaired) electrons. The second-order valence-electron chi connectivity index (χ2n) is 10.3. The monoisotopic (exact) mass is 409 g/mol. The third-order valence-electron chi connectivity index (χ3n) is 5.76. The van der Waals surface area contributed by atoms with Gasteiger partial charge in [0.05, 0.1) is 5.60 Å². The van der Waals surface area contributed by atoms with Crippen molar-refractivity contribution in [3.63, 3.8) is 0 Å². The van der Waals surface area contributed by atoms with E-state index in [4.69, 9.17) is 4.65 Å². The lowest BCUT2D eigenvalue weighted by Crippen LogP contribution is -2.44. The first kappa shape index (κ1) is 25.4. The Bertz CT molecular complexity index is 536. The highest BCUT2D eigenvalue weighted by molar-refractivity contribution is 7.81. The van der Waals surface area contributed by atoms with Gasteiger partial charge in [-0.05, 0) is 67.2 Å². The summed E-state index contributed by atoms with van der Waals surface area (Å²) < 4.78 is 5.80. The molecule has 161 valence electrons. The Morgan fingerprint density at radius 1 is 1.18 bits per heavy atom. The molecular weight excluding hydrogens is 367 g/mol. The third-order valence-corrected chi connectivity index (χ3v) is 6.30. The normalized spacial score (nSPS) is 21.5. The summed E-state index contributed by atoms with van der Waals surface area (Å²) in [5.41, 5.74) is 0.852. The van der Waals surface area contributed by atoms with E-state index in [0.717, 1.165) is 12.7 Å². The van der Waals surface area contributed by atoms with Crippen LogP contribution >= 0.6 is 12.6 Å². The van der Waals surface area contributed by atoms with Gasteiger partial charge in [0, 0.05) is 35.0 Å². The number of hydrogen-bond acceptors (Lipinski definition) is 4. The summed E-state index contributed by atoms with van der Waals surface area (Å²) in [6, 6.07) is 0. The minimum absolute atomic E-state index is 0.0235. The average Bonchev–Trinajstić information content (AvgIpc) is 2.97. The maximum Gasteiger partial charge on any atom is 0.293 e. The van der Waals surface area contributed by atoms with Gasteiger partial charge < -0.3 is 15.3 Å². The second kappa shape index (κ2) is 10.4. The van der Waals surface area contributed by atoms with Crippen LogP contribution in [0.25, 0.3) is 0 Å².